The molecule has 90 valence electrons. The van der Waals surface area contributed by atoms with Gasteiger partial charge in [-0.3, -0.25) is 0 Å². The van der Waals surface area contributed by atoms with Crippen LogP contribution in [0.25, 0.3) is 0 Å². The van der Waals surface area contributed by atoms with E-state index in [1.54, 1.807) is 0 Å². The lowest BCUT2D eigenvalue weighted by atomic mass is 10.4. The number of nitrogens with zero attached hydrogens (tertiary/aromatic N) is 2. The zero-order valence-electron chi connectivity index (χ0n) is 10.3. The predicted molar refractivity (Wildman–Crippen MR) is 70.6 cm³/mol. The van der Waals surface area contributed by atoms with Crippen molar-refractivity contribution in [3.8, 4) is 0 Å². The first-order valence-electron chi connectivity index (χ1n) is 5.95. The van der Waals surface area contributed by atoms with E-state index in [0.717, 1.165) is 17.5 Å². The van der Waals surface area contributed by atoms with Crippen molar-refractivity contribution in [3.63, 3.8) is 0 Å². The normalized spacial score (nSPS) is 16.7. The Balaban J connectivity index is 1.68. The van der Waals surface area contributed by atoms with Crippen LogP contribution >= 0.6 is 11.8 Å². The van der Waals surface area contributed by atoms with Crippen molar-refractivity contribution in [2.24, 2.45) is 0 Å². The molecule has 2 rings (SSSR count). The van der Waals surface area contributed by atoms with Crippen LogP contribution in [0.2, 0.25) is 25.7 Å². The lowest BCUT2D eigenvalue weighted by molar-refractivity contribution is 0.466. The monoisotopic (exact) mass is 256 g/mol. The molecule has 1 aromatic heterocycles. The van der Waals surface area contributed by atoms with Crippen molar-refractivity contribution in [3.05, 3.63) is 11.8 Å². The minimum absolute atomic E-state index is 0.577. The van der Waals surface area contributed by atoms with Gasteiger partial charge in [0, 0.05) is 14.0 Å². The zero-order valence-corrected chi connectivity index (χ0v) is 12.1. The van der Waals surface area contributed by atoms with Gasteiger partial charge in [0.25, 0.3) is 0 Å². The second-order valence-electron chi connectivity index (χ2n) is 5.67. The molecular weight excluding hydrogens is 236 g/mol. The van der Waals surface area contributed by atoms with Crippen molar-refractivity contribution in [1.82, 2.24) is 10.2 Å². The van der Waals surface area contributed by atoms with Gasteiger partial charge >= 0.3 is 0 Å². The Morgan fingerprint density at radius 2 is 2.06 bits per heavy atom. The van der Waals surface area contributed by atoms with Gasteiger partial charge in [0.15, 0.2) is 0 Å². The minimum Gasteiger partial charge on any atom is -0.424 e. The van der Waals surface area contributed by atoms with Crippen LogP contribution in [0.3, 0.4) is 0 Å². The molecule has 3 nitrogen and oxygen atoms in total. The summed E-state index contributed by atoms with van der Waals surface area (Å²) in [5, 5.41) is 8.17. The molecule has 1 fully saturated rings. The summed E-state index contributed by atoms with van der Waals surface area (Å²) in [7, 11) is -0.886. The highest BCUT2D eigenvalue weighted by atomic mass is 32.2. The molecule has 0 spiro atoms. The fraction of sp³-hybridized carbons (Fsp3) is 0.818. The molecule has 1 aliphatic carbocycles. The highest BCUT2D eigenvalue weighted by Crippen LogP contribution is 2.39. The Hall–Kier alpha value is -0.293. The van der Waals surface area contributed by atoms with E-state index in [0.29, 0.717) is 5.92 Å². The molecule has 0 bridgehead atoms. The third kappa shape index (κ3) is 3.94. The topological polar surface area (TPSA) is 38.9 Å². The second-order valence-corrected chi connectivity index (χ2v) is 12.4. The van der Waals surface area contributed by atoms with Gasteiger partial charge in [-0.1, -0.05) is 19.6 Å². The molecule has 0 aliphatic heterocycles. The molecule has 5 heteroatoms. The minimum atomic E-state index is -0.886. The maximum absolute atomic E-state index is 5.61. The molecule has 1 aliphatic rings. The first kappa shape index (κ1) is 12.2. The Kier molecular flexibility index (Phi) is 3.74. The first-order chi connectivity index (χ1) is 7.54. The highest BCUT2D eigenvalue weighted by molar-refractivity contribution is 7.98. The van der Waals surface area contributed by atoms with E-state index < -0.39 is 8.07 Å². The van der Waals surface area contributed by atoms with Crippen LogP contribution in [0.1, 0.15) is 30.5 Å². The van der Waals surface area contributed by atoms with E-state index in [1.165, 1.54) is 24.6 Å². The average molecular weight is 256 g/mol. The molecule has 0 radical (unpaired) electrons. The molecule has 0 amide bonds. The van der Waals surface area contributed by atoms with Crippen molar-refractivity contribution in [2.75, 3.05) is 5.75 Å². The van der Waals surface area contributed by atoms with Gasteiger partial charge < -0.3 is 4.42 Å². The second kappa shape index (κ2) is 4.92. The fourth-order valence-electron chi connectivity index (χ4n) is 1.36. The zero-order chi connectivity index (χ0) is 11.6. The molecule has 0 aromatic carbocycles. The molecule has 0 N–H and O–H groups in total. The molecule has 1 heterocycles. The van der Waals surface area contributed by atoms with Crippen LogP contribution in [-0.4, -0.2) is 24.0 Å². The SMILES string of the molecule is C[Si](C)(C)CCSCc1nnc(C2CC2)o1. The lowest BCUT2D eigenvalue weighted by Crippen LogP contribution is -2.19. The summed E-state index contributed by atoms with van der Waals surface area (Å²) in [5.41, 5.74) is 0. The van der Waals surface area contributed by atoms with E-state index >= 15 is 0 Å². The molecule has 16 heavy (non-hydrogen) atoms. The Morgan fingerprint density at radius 1 is 1.31 bits per heavy atom. The van der Waals surface area contributed by atoms with Crippen LogP contribution in [-0.2, 0) is 5.75 Å². The third-order valence-electron chi connectivity index (χ3n) is 2.63. The Bertz CT molecular complexity index is 344. The van der Waals surface area contributed by atoms with Gasteiger partial charge in [-0.15, -0.1) is 10.2 Å². The summed E-state index contributed by atoms with van der Waals surface area (Å²) < 4.78 is 5.61. The van der Waals surface area contributed by atoms with E-state index in [9.17, 15) is 0 Å². The van der Waals surface area contributed by atoms with E-state index in [1.807, 2.05) is 11.8 Å². The van der Waals surface area contributed by atoms with Crippen molar-refractivity contribution in [2.45, 2.75) is 50.2 Å². The van der Waals surface area contributed by atoms with Crippen molar-refractivity contribution in [1.29, 1.82) is 0 Å². The summed E-state index contributed by atoms with van der Waals surface area (Å²) >= 11 is 1.92. The lowest BCUT2D eigenvalue weighted by Gasteiger charge is -2.14. The summed E-state index contributed by atoms with van der Waals surface area (Å²) in [4.78, 5) is 0. The van der Waals surface area contributed by atoms with Crippen LogP contribution in [0.5, 0.6) is 0 Å². The van der Waals surface area contributed by atoms with Gasteiger partial charge in [0.05, 0.1) is 5.75 Å². The van der Waals surface area contributed by atoms with E-state index in [-0.39, 0.29) is 0 Å². The molecular formula is C11H20N2OSSi. The molecule has 1 aromatic rings. The highest BCUT2D eigenvalue weighted by Gasteiger charge is 2.29. The number of thioether (sulfide) groups is 1. The number of aromatic nitrogens is 2. The van der Waals surface area contributed by atoms with Crippen molar-refractivity contribution < 1.29 is 4.42 Å². The molecule has 0 saturated heterocycles. The maximum Gasteiger partial charge on any atom is 0.226 e. The summed E-state index contributed by atoms with van der Waals surface area (Å²) in [6, 6.07) is 1.36. The first-order valence-corrected chi connectivity index (χ1v) is 10.8. The predicted octanol–water partition coefficient (Wildman–Crippen LogP) is 3.52. The number of rotatable bonds is 6. The largest absolute Gasteiger partial charge is 0.424 e. The quantitative estimate of drug-likeness (QED) is 0.576. The maximum atomic E-state index is 5.61. The van der Waals surface area contributed by atoms with Crippen LogP contribution in [0, 0.1) is 0 Å². The number of hydrogen-bond donors (Lipinski definition) is 0. The third-order valence-corrected chi connectivity index (χ3v) is 5.69. The van der Waals surface area contributed by atoms with Gasteiger partial charge in [0.2, 0.25) is 11.8 Å². The van der Waals surface area contributed by atoms with E-state index in [2.05, 4.69) is 29.8 Å². The number of hydrogen-bond acceptors (Lipinski definition) is 4. The standard InChI is InChI=1S/C11H20N2OSSi/c1-16(2,3)7-6-15-8-10-12-13-11(14-10)9-4-5-9/h9H,4-8H2,1-3H3. The van der Waals surface area contributed by atoms with Crippen LogP contribution in [0.15, 0.2) is 4.42 Å². The van der Waals surface area contributed by atoms with Crippen LogP contribution in [0.4, 0.5) is 0 Å². The van der Waals surface area contributed by atoms with Crippen LogP contribution < -0.4 is 0 Å². The van der Waals surface area contributed by atoms with Crippen molar-refractivity contribution >= 4 is 19.8 Å². The smallest absolute Gasteiger partial charge is 0.226 e. The van der Waals surface area contributed by atoms with Gasteiger partial charge in [-0.25, -0.2) is 0 Å². The Morgan fingerprint density at radius 3 is 2.69 bits per heavy atom. The van der Waals surface area contributed by atoms with Gasteiger partial charge in [-0.05, 0) is 24.6 Å². The molecule has 0 atom stereocenters. The summed E-state index contributed by atoms with van der Waals surface area (Å²) in [6.07, 6.45) is 2.45. The van der Waals surface area contributed by atoms with Gasteiger partial charge in [-0.2, -0.15) is 11.8 Å². The summed E-state index contributed by atoms with van der Waals surface area (Å²) in [6.45, 7) is 7.22. The molecule has 0 unspecified atom stereocenters. The van der Waals surface area contributed by atoms with Gasteiger partial charge in [0.1, 0.15) is 0 Å². The van der Waals surface area contributed by atoms with E-state index in [4.69, 9.17) is 4.42 Å². The fourth-order valence-corrected chi connectivity index (χ4v) is 4.82. The molecule has 1 saturated carbocycles. The Labute approximate surface area is 102 Å². The average Bonchev–Trinajstić information content (AvgIpc) is 2.93. The summed E-state index contributed by atoms with van der Waals surface area (Å²) in [5.74, 6) is 4.35.